The topological polar surface area (TPSA) is 53.6 Å². The maximum absolute atomic E-state index is 12.1. The molecule has 5 nitrogen and oxygen atoms in total. The van der Waals surface area contributed by atoms with Crippen molar-refractivity contribution < 1.29 is 9.53 Å². The van der Waals surface area contributed by atoms with Gasteiger partial charge in [0.2, 0.25) is 0 Å². The first-order valence-electron chi connectivity index (χ1n) is 8.55. The summed E-state index contributed by atoms with van der Waals surface area (Å²) in [5.41, 5.74) is 2.01. The van der Waals surface area contributed by atoms with Crippen molar-refractivity contribution in [2.24, 2.45) is 5.92 Å². The molecule has 0 spiro atoms. The fourth-order valence-corrected chi connectivity index (χ4v) is 2.91. The smallest absolute Gasteiger partial charge is 0.319 e. The number of nitrogens with one attached hydrogen (secondary N) is 2. The Bertz CT molecular complexity index is 505. The summed E-state index contributed by atoms with van der Waals surface area (Å²) in [6.45, 7) is 10.7. The summed E-state index contributed by atoms with van der Waals surface area (Å²) in [4.78, 5) is 14.5. The van der Waals surface area contributed by atoms with Gasteiger partial charge in [0.25, 0.3) is 0 Å². The standard InChI is InChI=1S/C18H29N3O2/c1-4-15-7-5-6-8-17(15)20-18(22)19-11-16-13-21(9-10-23-16)12-14(2)3/h5-8,14,16H,4,9-13H2,1-3H3,(H2,19,20,22). The van der Waals surface area contributed by atoms with E-state index in [1.165, 1.54) is 0 Å². The van der Waals surface area contributed by atoms with E-state index < -0.39 is 0 Å². The molecule has 1 aromatic rings. The number of anilines is 1. The van der Waals surface area contributed by atoms with Gasteiger partial charge >= 0.3 is 6.03 Å². The van der Waals surface area contributed by atoms with Crippen LogP contribution in [-0.4, -0.2) is 49.8 Å². The Labute approximate surface area is 139 Å². The molecule has 0 radical (unpaired) electrons. The van der Waals surface area contributed by atoms with Crippen LogP contribution in [0.4, 0.5) is 10.5 Å². The van der Waals surface area contributed by atoms with Crippen molar-refractivity contribution in [3.8, 4) is 0 Å². The third kappa shape index (κ3) is 5.84. The van der Waals surface area contributed by atoms with Gasteiger partial charge in [-0.25, -0.2) is 4.79 Å². The number of hydrogen-bond donors (Lipinski definition) is 2. The zero-order chi connectivity index (χ0) is 16.7. The van der Waals surface area contributed by atoms with Gasteiger partial charge in [0.1, 0.15) is 0 Å². The maximum atomic E-state index is 12.1. The average molecular weight is 319 g/mol. The lowest BCUT2D eigenvalue weighted by atomic mass is 10.1. The lowest BCUT2D eigenvalue weighted by molar-refractivity contribution is -0.0288. The predicted octanol–water partition coefficient (Wildman–Crippen LogP) is 2.73. The minimum atomic E-state index is -0.171. The monoisotopic (exact) mass is 319 g/mol. The summed E-state index contributed by atoms with van der Waals surface area (Å²) < 4.78 is 5.75. The Morgan fingerprint density at radius 2 is 2.17 bits per heavy atom. The molecule has 1 atom stereocenters. The molecular formula is C18H29N3O2. The van der Waals surface area contributed by atoms with Crippen molar-refractivity contribution in [1.82, 2.24) is 10.2 Å². The molecule has 23 heavy (non-hydrogen) atoms. The molecule has 0 saturated carbocycles. The van der Waals surface area contributed by atoms with Gasteiger partial charge in [0.15, 0.2) is 0 Å². The van der Waals surface area contributed by atoms with Crippen LogP contribution in [0.15, 0.2) is 24.3 Å². The van der Waals surface area contributed by atoms with Crippen LogP contribution in [0.3, 0.4) is 0 Å². The molecule has 1 aliphatic heterocycles. The van der Waals surface area contributed by atoms with Crippen LogP contribution in [0.5, 0.6) is 0 Å². The number of nitrogens with zero attached hydrogens (tertiary/aromatic N) is 1. The number of carbonyl (C=O) groups excluding carboxylic acids is 1. The second-order valence-electron chi connectivity index (χ2n) is 6.49. The van der Waals surface area contributed by atoms with E-state index in [0.717, 1.165) is 43.9 Å². The van der Waals surface area contributed by atoms with Crippen molar-refractivity contribution >= 4 is 11.7 Å². The van der Waals surface area contributed by atoms with Crippen LogP contribution in [0, 0.1) is 5.92 Å². The van der Waals surface area contributed by atoms with Crippen molar-refractivity contribution in [3.63, 3.8) is 0 Å². The molecule has 1 heterocycles. The first-order chi connectivity index (χ1) is 11.1. The Hall–Kier alpha value is -1.59. The van der Waals surface area contributed by atoms with E-state index in [1.807, 2.05) is 24.3 Å². The molecule has 1 aromatic carbocycles. The molecule has 2 N–H and O–H groups in total. The molecule has 1 fully saturated rings. The van der Waals surface area contributed by atoms with Gasteiger partial charge in [-0.1, -0.05) is 39.0 Å². The number of carbonyl (C=O) groups is 1. The molecule has 2 rings (SSSR count). The molecule has 1 unspecified atom stereocenters. The number of hydrogen-bond acceptors (Lipinski definition) is 3. The number of morpholine rings is 1. The molecule has 128 valence electrons. The molecule has 1 aliphatic rings. The number of aryl methyl sites for hydroxylation is 1. The minimum absolute atomic E-state index is 0.0645. The van der Waals surface area contributed by atoms with E-state index in [0.29, 0.717) is 12.5 Å². The van der Waals surface area contributed by atoms with Crippen LogP contribution in [0.25, 0.3) is 0 Å². The van der Waals surface area contributed by atoms with Crippen LogP contribution in [-0.2, 0) is 11.2 Å². The predicted molar refractivity (Wildman–Crippen MR) is 93.9 cm³/mol. The number of para-hydroxylation sites is 1. The molecule has 1 saturated heterocycles. The van der Waals surface area contributed by atoms with Gasteiger partial charge in [0, 0.05) is 31.9 Å². The maximum Gasteiger partial charge on any atom is 0.319 e. The van der Waals surface area contributed by atoms with Crippen LogP contribution < -0.4 is 10.6 Å². The Morgan fingerprint density at radius 3 is 2.91 bits per heavy atom. The van der Waals surface area contributed by atoms with Gasteiger partial charge < -0.3 is 15.4 Å². The Kier molecular flexibility index (Phi) is 6.86. The number of benzene rings is 1. The molecular weight excluding hydrogens is 290 g/mol. The molecule has 0 aromatic heterocycles. The van der Waals surface area contributed by atoms with Crippen LogP contribution in [0.1, 0.15) is 26.3 Å². The van der Waals surface area contributed by atoms with Gasteiger partial charge in [-0.2, -0.15) is 0 Å². The highest BCUT2D eigenvalue weighted by atomic mass is 16.5. The van der Waals surface area contributed by atoms with Gasteiger partial charge in [0.05, 0.1) is 12.7 Å². The fraction of sp³-hybridized carbons (Fsp3) is 0.611. The SMILES string of the molecule is CCc1ccccc1NC(=O)NCC1CN(CC(C)C)CCO1. The normalized spacial score (nSPS) is 18.9. The largest absolute Gasteiger partial charge is 0.374 e. The number of urea groups is 1. The molecule has 2 amide bonds. The third-order valence-corrected chi connectivity index (χ3v) is 3.98. The summed E-state index contributed by atoms with van der Waals surface area (Å²) in [7, 11) is 0. The van der Waals surface area contributed by atoms with Gasteiger partial charge in [-0.3, -0.25) is 4.90 Å². The summed E-state index contributed by atoms with van der Waals surface area (Å²) in [6, 6.07) is 7.71. The Morgan fingerprint density at radius 1 is 1.39 bits per heavy atom. The zero-order valence-electron chi connectivity index (χ0n) is 14.5. The van der Waals surface area contributed by atoms with Crippen molar-refractivity contribution in [1.29, 1.82) is 0 Å². The average Bonchev–Trinajstić information content (AvgIpc) is 2.53. The van der Waals surface area contributed by atoms with E-state index in [4.69, 9.17) is 4.74 Å². The molecule has 0 aliphatic carbocycles. The highest BCUT2D eigenvalue weighted by Crippen LogP contribution is 2.15. The third-order valence-electron chi connectivity index (χ3n) is 3.98. The van der Waals surface area contributed by atoms with Crippen LogP contribution >= 0.6 is 0 Å². The quantitative estimate of drug-likeness (QED) is 0.848. The van der Waals surface area contributed by atoms with E-state index >= 15 is 0 Å². The van der Waals surface area contributed by atoms with Crippen molar-refractivity contribution in [3.05, 3.63) is 29.8 Å². The number of ether oxygens (including phenoxy) is 1. The second kappa shape index (κ2) is 8.89. The molecule has 0 bridgehead atoms. The van der Waals surface area contributed by atoms with E-state index in [9.17, 15) is 4.79 Å². The highest BCUT2D eigenvalue weighted by molar-refractivity contribution is 5.90. The number of rotatable bonds is 6. The summed E-state index contributed by atoms with van der Waals surface area (Å²) in [6.07, 6.45) is 0.960. The van der Waals surface area contributed by atoms with Crippen molar-refractivity contribution in [2.45, 2.75) is 33.3 Å². The zero-order valence-corrected chi connectivity index (χ0v) is 14.5. The minimum Gasteiger partial charge on any atom is -0.374 e. The summed E-state index contributed by atoms with van der Waals surface area (Å²) in [5, 5.41) is 5.85. The van der Waals surface area contributed by atoms with Gasteiger partial charge in [-0.05, 0) is 24.0 Å². The molecule has 5 heteroatoms. The number of amides is 2. The lowest BCUT2D eigenvalue weighted by Gasteiger charge is -2.33. The Balaban J connectivity index is 1.77. The first-order valence-corrected chi connectivity index (χ1v) is 8.55. The van der Waals surface area contributed by atoms with Gasteiger partial charge in [-0.15, -0.1) is 0 Å². The lowest BCUT2D eigenvalue weighted by Crippen LogP contribution is -2.48. The van der Waals surface area contributed by atoms with E-state index in [1.54, 1.807) is 0 Å². The summed E-state index contributed by atoms with van der Waals surface area (Å²) >= 11 is 0. The highest BCUT2D eigenvalue weighted by Gasteiger charge is 2.21. The van der Waals surface area contributed by atoms with Crippen LogP contribution in [0.2, 0.25) is 0 Å². The van der Waals surface area contributed by atoms with Crippen molar-refractivity contribution in [2.75, 3.05) is 38.1 Å². The van der Waals surface area contributed by atoms with E-state index in [-0.39, 0.29) is 12.1 Å². The fourth-order valence-electron chi connectivity index (χ4n) is 2.91. The van der Waals surface area contributed by atoms with E-state index in [2.05, 4.69) is 36.3 Å². The first kappa shape index (κ1) is 17.8. The second-order valence-corrected chi connectivity index (χ2v) is 6.49. The summed E-state index contributed by atoms with van der Waals surface area (Å²) in [5.74, 6) is 0.649.